The van der Waals surface area contributed by atoms with Crippen LogP contribution in [0, 0.1) is 6.92 Å². The Morgan fingerprint density at radius 2 is 1.91 bits per heavy atom. The van der Waals surface area contributed by atoms with Gasteiger partial charge in [0.25, 0.3) is 5.91 Å². The molecule has 0 radical (unpaired) electrons. The zero-order chi connectivity index (χ0) is 30.1. The van der Waals surface area contributed by atoms with Gasteiger partial charge in [-0.1, -0.05) is 11.6 Å². The van der Waals surface area contributed by atoms with E-state index in [0.29, 0.717) is 62.0 Å². The molecule has 0 saturated carbocycles. The highest BCUT2D eigenvalue weighted by Crippen LogP contribution is 2.47. The average molecular weight is 625 g/mol. The lowest BCUT2D eigenvalue weighted by Gasteiger charge is -2.28. The third kappa shape index (κ3) is 5.64. The first-order valence-corrected chi connectivity index (χ1v) is 14.7. The van der Waals surface area contributed by atoms with Crippen LogP contribution >= 0.6 is 22.9 Å². The van der Waals surface area contributed by atoms with Gasteiger partial charge in [-0.3, -0.25) is 9.69 Å². The molecule has 0 atom stereocenters. The molecule has 3 amide bonds. The number of morpholine rings is 1. The van der Waals surface area contributed by atoms with Crippen LogP contribution in [0.15, 0.2) is 36.7 Å². The number of hydrogen-bond donors (Lipinski definition) is 2. The van der Waals surface area contributed by atoms with Gasteiger partial charge in [0.2, 0.25) is 0 Å². The summed E-state index contributed by atoms with van der Waals surface area (Å²) in [5, 5.41) is 6.63. The maximum absolute atomic E-state index is 13.5. The van der Waals surface area contributed by atoms with Gasteiger partial charge in [0.1, 0.15) is 28.4 Å². The molecule has 4 aromatic rings. The van der Waals surface area contributed by atoms with E-state index in [1.54, 1.807) is 44.6 Å². The van der Waals surface area contributed by atoms with Crippen molar-refractivity contribution >= 4 is 68.0 Å². The summed E-state index contributed by atoms with van der Waals surface area (Å²) in [6.07, 6.45) is 1.35. The second kappa shape index (κ2) is 12.2. The van der Waals surface area contributed by atoms with Crippen molar-refractivity contribution in [3.8, 4) is 17.2 Å². The van der Waals surface area contributed by atoms with Crippen molar-refractivity contribution in [2.75, 3.05) is 69.2 Å². The molecule has 2 aromatic carbocycles. The highest BCUT2D eigenvalue weighted by atomic mass is 35.5. The summed E-state index contributed by atoms with van der Waals surface area (Å²) in [6, 6.07) is 8.07. The Kier molecular flexibility index (Phi) is 8.21. The van der Waals surface area contributed by atoms with Crippen molar-refractivity contribution in [1.82, 2.24) is 14.9 Å². The van der Waals surface area contributed by atoms with Gasteiger partial charge < -0.3 is 29.6 Å². The van der Waals surface area contributed by atoms with Crippen molar-refractivity contribution in [2.45, 2.75) is 6.92 Å². The van der Waals surface area contributed by atoms with E-state index in [9.17, 15) is 9.59 Å². The lowest BCUT2D eigenvalue weighted by molar-refractivity contribution is 0.0321. The van der Waals surface area contributed by atoms with E-state index in [4.69, 9.17) is 30.5 Å². The summed E-state index contributed by atoms with van der Waals surface area (Å²) < 4.78 is 22.3. The molecule has 2 aromatic heterocycles. The number of nitrogens with one attached hydrogen (secondary N) is 2. The van der Waals surface area contributed by atoms with E-state index in [-0.39, 0.29) is 4.88 Å². The van der Waals surface area contributed by atoms with E-state index in [0.717, 1.165) is 49.7 Å². The molecule has 0 unspecified atom stereocenters. The predicted molar refractivity (Wildman–Crippen MR) is 165 cm³/mol. The number of carbonyl (C=O) groups is 2. The molecule has 14 heteroatoms. The molecule has 0 aliphatic carbocycles. The third-order valence-electron chi connectivity index (χ3n) is 7.22. The van der Waals surface area contributed by atoms with E-state index in [1.165, 1.54) is 11.2 Å². The van der Waals surface area contributed by atoms with Gasteiger partial charge in [-0.2, -0.15) is 0 Å². The second-order valence-corrected chi connectivity index (χ2v) is 11.3. The van der Waals surface area contributed by atoms with Crippen LogP contribution in [0.3, 0.4) is 0 Å². The van der Waals surface area contributed by atoms with E-state index in [2.05, 4.69) is 25.5 Å². The number of ether oxygens (including phenoxy) is 4. The van der Waals surface area contributed by atoms with Crippen LogP contribution in [0.2, 0.25) is 5.02 Å². The summed E-state index contributed by atoms with van der Waals surface area (Å²) in [7, 11) is 3.09. The first-order chi connectivity index (χ1) is 20.9. The number of amides is 3. The SMILES string of the molecule is COc1cc(N2C(=O)Nc3c(C(=O)Nc4ccc(OCCN5CCOCC5)c(OC)c4)sc4ncnc2c34)c(Cl)cc1C. The highest BCUT2D eigenvalue weighted by Gasteiger charge is 2.35. The van der Waals surface area contributed by atoms with Crippen molar-refractivity contribution in [3.05, 3.63) is 52.1 Å². The van der Waals surface area contributed by atoms with Crippen LogP contribution in [0.4, 0.5) is 27.7 Å². The number of halogens is 1. The predicted octanol–water partition coefficient (Wildman–Crippen LogP) is 5.32. The van der Waals surface area contributed by atoms with Crippen molar-refractivity contribution in [1.29, 1.82) is 0 Å². The Bertz CT molecular complexity index is 1710. The summed E-state index contributed by atoms with van der Waals surface area (Å²) in [5.41, 5.74) is 2.05. The second-order valence-electron chi connectivity index (χ2n) is 9.84. The molecule has 1 saturated heterocycles. The van der Waals surface area contributed by atoms with Gasteiger partial charge in [-0.05, 0) is 30.7 Å². The summed E-state index contributed by atoms with van der Waals surface area (Å²) in [6.45, 7) is 6.34. The minimum absolute atomic E-state index is 0.280. The van der Waals surface area contributed by atoms with Crippen LogP contribution in [0.1, 0.15) is 15.2 Å². The van der Waals surface area contributed by atoms with Crippen molar-refractivity contribution in [2.24, 2.45) is 0 Å². The largest absolute Gasteiger partial charge is 0.496 e. The standard InChI is InChI=1S/C29H29ClN6O6S/c1-16-12-18(30)19(14-21(16)39-2)36-26-23-24(34-29(36)38)25(43-28(23)32-15-31-26)27(37)33-17-4-5-20(22(13-17)40-3)42-11-8-35-6-9-41-10-7-35/h4-5,12-15H,6-11H2,1-3H3,(H,33,37)(H,34,38). The smallest absolute Gasteiger partial charge is 0.332 e. The number of anilines is 4. The van der Waals surface area contributed by atoms with Crippen LogP contribution < -0.4 is 29.7 Å². The molecule has 1 fully saturated rings. The van der Waals surface area contributed by atoms with Crippen molar-refractivity contribution in [3.63, 3.8) is 0 Å². The lowest BCUT2D eigenvalue weighted by atomic mass is 10.1. The average Bonchev–Trinajstić information content (AvgIpc) is 3.38. The van der Waals surface area contributed by atoms with Crippen LogP contribution in [0.25, 0.3) is 10.2 Å². The minimum Gasteiger partial charge on any atom is -0.496 e. The zero-order valence-corrected chi connectivity index (χ0v) is 25.3. The van der Waals surface area contributed by atoms with E-state index < -0.39 is 11.9 Å². The first kappa shape index (κ1) is 28.9. The zero-order valence-electron chi connectivity index (χ0n) is 23.7. The Balaban J connectivity index is 1.24. The van der Waals surface area contributed by atoms with Gasteiger partial charge in [0.05, 0.1) is 49.2 Å². The van der Waals surface area contributed by atoms with Crippen LogP contribution in [-0.2, 0) is 4.74 Å². The van der Waals surface area contributed by atoms with E-state index in [1.807, 2.05) is 6.92 Å². The van der Waals surface area contributed by atoms with Crippen LogP contribution in [-0.4, -0.2) is 80.5 Å². The molecular weight excluding hydrogens is 596 g/mol. The molecule has 224 valence electrons. The molecule has 4 heterocycles. The topological polar surface area (TPSA) is 127 Å². The molecule has 43 heavy (non-hydrogen) atoms. The summed E-state index contributed by atoms with van der Waals surface area (Å²) in [5.74, 6) is 1.52. The lowest BCUT2D eigenvalue weighted by Crippen LogP contribution is -2.38. The monoisotopic (exact) mass is 624 g/mol. The number of nitrogens with zero attached hydrogens (tertiary/aromatic N) is 4. The molecule has 2 N–H and O–H groups in total. The Morgan fingerprint density at radius 1 is 1.12 bits per heavy atom. The third-order valence-corrected chi connectivity index (χ3v) is 8.62. The summed E-state index contributed by atoms with van der Waals surface area (Å²) >= 11 is 7.71. The molecule has 2 aliphatic rings. The van der Waals surface area contributed by atoms with Gasteiger partial charge in [0, 0.05) is 37.5 Å². The fourth-order valence-electron chi connectivity index (χ4n) is 5.04. The summed E-state index contributed by atoms with van der Waals surface area (Å²) in [4.78, 5) is 40.2. The normalized spacial score (nSPS) is 14.9. The number of rotatable bonds is 9. The Hall–Kier alpha value is -4.17. The molecule has 2 aliphatic heterocycles. The van der Waals surface area contributed by atoms with Gasteiger partial charge in [-0.25, -0.2) is 19.7 Å². The van der Waals surface area contributed by atoms with E-state index >= 15 is 0 Å². The number of hydrogen-bond acceptors (Lipinski definition) is 10. The highest BCUT2D eigenvalue weighted by molar-refractivity contribution is 7.21. The maximum Gasteiger partial charge on any atom is 0.332 e. The Morgan fingerprint density at radius 3 is 2.67 bits per heavy atom. The number of benzene rings is 2. The quantitative estimate of drug-likeness (QED) is 0.254. The molecule has 6 rings (SSSR count). The molecule has 12 nitrogen and oxygen atoms in total. The number of urea groups is 1. The van der Waals surface area contributed by atoms with Gasteiger partial charge in [-0.15, -0.1) is 11.3 Å². The van der Waals surface area contributed by atoms with Crippen LogP contribution in [0.5, 0.6) is 17.2 Å². The Labute approximate surface area is 256 Å². The molecule has 0 spiro atoms. The minimum atomic E-state index is -0.520. The maximum atomic E-state index is 13.5. The number of thiophene rings is 1. The first-order valence-electron chi connectivity index (χ1n) is 13.5. The number of aryl methyl sites for hydroxylation is 1. The number of aromatic nitrogens is 2. The molecular formula is C29H29ClN6O6S. The van der Waals surface area contributed by atoms with Crippen molar-refractivity contribution < 1.29 is 28.5 Å². The number of carbonyl (C=O) groups excluding carboxylic acids is 2. The van der Waals surface area contributed by atoms with Gasteiger partial charge >= 0.3 is 6.03 Å². The number of methoxy groups -OCH3 is 2. The fraction of sp³-hybridized carbons (Fsp3) is 0.310. The van der Waals surface area contributed by atoms with Gasteiger partial charge in [0.15, 0.2) is 17.3 Å². The fourth-order valence-corrected chi connectivity index (χ4v) is 6.33. The molecule has 0 bridgehead atoms.